The molecule has 0 aliphatic carbocycles. The van der Waals surface area contributed by atoms with Crippen LogP contribution in [0.2, 0.25) is 5.02 Å². The number of ether oxygens (including phenoxy) is 1. The number of aliphatic hydroxyl groups excluding tert-OH is 1. The molecular formula is C16H18ClNO6S. The number of esters is 1. The Bertz CT molecular complexity index is 834. The number of carbonyl (C=O) groups excluding carboxylic acids is 1. The number of furan rings is 1. The SMILES string of the molecule is COC(=O)c1ccc(S(=O)(=O)N[C@@H](C)C[C@H](O)c2ccco2)c(Cl)c1. The van der Waals surface area contributed by atoms with Gasteiger partial charge in [0.15, 0.2) is 0 Å². The highest BCUT2D eigenvalue weighted by atomic mass is 35.5. The quantitative estimate of drug-likeness (QED) is 0.707. The number of methoxy groups -OCH3 is 1. The van der Waals surface area contributed by atoms with Crippen LogP contribution in [0.15, 0.2) is 45.9 Å². The summed E-state index contributed by atoms with van der Waals surface area (Å²) < 4.78 is 37.0. The van der Waals surface area contributed by atoms with Gasteiger partial charge in [-0.2, -0.15) is 0 Å². The topological polar surface area (TPSA) is 106 Å². The van der Waals surface area contributed by atoms with Gasteiger partial charge in [0.05, 0.1) is 24.0 Å². The normalized spacial score (nSPS) is 14.1. The van der Waals surface area contributed by atoms with Crippen LogP contribution < -0.4 is 4.72 Å². The molecule has 0 bridgehead atoms. The maximum absolute atomic E-state index is 12.5. The molecule has 2 rings (SSSR count). The largest absolute Gasteiger partial charge is 0.467 e. The Balaban J connectivity index is 2.11. The minimum Gasteiger partial charge on any atom is -0.467 e. The number of hydrogen-bond acceptors (Lipinski definition) is 6. The van der Waals surface area contributed by atoms with Gasteiger partial charge in [-0.25, -0.2) is 17.9 Å². The summed E-state index contributed by atoms with van der Waals surface area (Å²) in [6, 6.07) is 6.43. The van der Waals surface area contributed by atoms with E-state index in [1.165, 1.54) is 31.6 Å². The van der Waals surface area contributed by atoms with Gasteiger partial charge >= 0.3 is 5.97 Å². The molecule has 1 aromatic heterocycles. The number of halogens is 1. The molecule has 2 atom stereocenters. The van der Waals surface area contributed by atoms with Crippen molar-refractivity contribution in [3.05, 3.63) is 52.9 Å². The lowest BCUT2D eigenvalue weighted by Gasteiger charge is -2.17. The fourth-order valence-electron chi connectivity index (χ4n) is 2.27. The summed E-state index contributed by atoms with van der Waals surface area (Å²) in [5.41, 5.74) is 0.146. The summed E-state index contributed by atoms with van der Waals surface area (Å²) in [7, 11) is -2.71. The van der Waals surface area contributed by atoms with Crippen LogP contribution >= 0.6 is 11.6 Å². The first-order chi connectivity index (χ1) is 11.7. The molecule has 1 heterocycles. The number of aliphatic hydroxyl groups is 1. The zero-order chi connectivity index (χ0) is 18.6. The molecule has 9 heteroatoms. The van der Waals surface area contributed by atoms with Crippen LogP contribution in [0.4, 0.5) is 0 Å². The van der Waals surface area contributed by atoms with Crippen LogP contribution in [0.5, 0.6) is 0 Å². The van der Waals surface area contributed by atoms with E-state index >= 15 is 0 Å². The molecule has 136 valence electrons. The zero-order valence-corrected chi connectivity index (χ0v) is 15.2. The van der Waals surface area contributed by atoms with Crippen LogP contribution in [-0.4, -0.2) is 32.6 Å². The second-order valence-electron chi connectivity index (χ2n) is 5.43. The molecule has 7 nitrogen and oxygen atoms in total. The van der Waals surface area contributed by atoms with Gasteiger partial charge in [-0.3, -0.25) is 0 Å². The van der Waals surface area contributed by atoms with Gasteiger partial charge in [0.2, 0.25) is 10.0 Å². The van der Waals surface area contributed by atoms with Crippen molar-refractivity contribution in [2.75, 3.05) is 7.11 Å². The predicted molar refractivity (Wildman–Crippen MR) is 90.9 cm³/mol. The first kappa shape index (κ1) is 19.5. The van der Waals surface area contributed by atoms with Crippen molar-refractivity contribution < 1.29 is 27.5 Å². The smallest absolute Gasteiger partial charge is 0.337 e. The number of benzene rings is 1. The Hall–Kier alpha value is -1.87. The average Bonchev–Trinajstić information content (AvgIpc) is 3.07. The van der Waals surface area contributed by atoms with Crippen molar-refractivity contribution in [3.8, 4) is 0 Å². The molecule has 0 aliphatic rings. The Morgan fingerprint density at radius 3 is 2.68 bits per heavy atom. The summed E-state index contributed by atoms with van der Waals surface area (Å²) in [5, 5.41) is 9.92. The highest BCUT2D eigenvalue weighted by molar-refractivity contribution is 7.89. The van der Waals surface area contributed by atoms with Crippen LogP contribution in [0.1, 0.15) is 35.6 Å². The highest BCUT2D eigenvalue weighted by Crippen LogP contribution is 2.24. The summed E-state index contributed by atoms with van der Waals surface area (Å²) in [4.78, 5) is 11.3. The molecule has 0 saturated heterocycles. The molecule has 1 aromatic carbocycles. The van der Waals surface area contributed by atoms with E-state index in [1.807, 2.05) is 0 Å². The number of rotatable bonds is 7. The van der Waals surface area contributed by atoms with Crippen molar-refractivity contribution in [3.63, 3.8) is 0 Å². The molecule has 0 fully saturated rings. The lowest BCUT2D eigenvalue weighted by Crippen LogP contribution is -2.34. The van der Waals surface area contributed by atoms with Gasteiger partial charge in [0, 0.05) is 6.04 Å². The van der Waals surface area contributed by atoms with Gasteiger partial charge in [-0.1, -0.05) is 11.6 Å². The maximum atomic E-state index is 12.5. The van der Waals surface area contributed by atoms with E-state index in [0.717, 1.165) is 0 Å². The van der Waals surface area contributed by atoms with Crippen molar-refractivity contribution in [2.24, 2.45) is 0 Å². The molecular weight excluding hydrogens is 370 g/mol. The number of nitrogens with one attached hydrogen (secondary N) is 1. The summed E-state index contributed by atoms with van der Waals surface area (Å²) >= 11 is 5.99. The van der Waals surface area contributed by atoms with Crippen molar-refractivity contribution >= 4 is 27.6 Å². The van der Waals surface area contributed by atoms with Crippen molar-refractivity contribution in [2.45, 2.75) is 30.4 Å². The second-order valence-corrected chi connectivity index (χ2v) is 7.52. The third-order valence-corrected chi connectivity index (χ3v) is 5.52. The van der Waals surface area contributed by atoms with Gasteiger partial charge in [0.1, 0.15) is 16.8 Å². The molecule has 0 aliphatic heterocycles. The van der Waals surface area contributed by atoms with E-state index < -0.39 is 28.1 Å². The second kappa shape index (κ2) is 8.01. The van der Waals surface area contributed by atoms with E-state index in [4.69, 9.17) is 16.0 Å². The zero-order valence-electron chi connectivity index (χ0n) is 13.6. The molecule has 0 spiro atoms. The van der Waals surface area contributed by atoms with Crippen molar-refractivity contribution in [1.82, 2.24) is 4.72 Å². The predicted octanol–water partition coefficient (Wildman–Crippen LogP) is 2.51. The van der Waals surface area contributed by atoms with Crippen molar-refractivity contribution in [1.29, 1.82) is 0 Å². The van der Waals surface area contributed by atoms with Gasteiger partial charge < -0.3 is 14.3 Å². The lowest BCUT2D eigenvalue weighted by atomic mass is 10.1. The van der Waals surface area contributed by atoms with Crippen LogP contribution in [0.3, 0.4) is 0 Å². The minimum absolute atomic E-state index is 0.103. The van der Waals surface area contributed by atoms with Gasteiger partial charge in [0.25, 0.3) is 0 Å². The molecule has 0 saturated carbocycles. The summed E-state index contributed by atoms with van der Waals surface area (Å²) in [6.45, 7) is 1.61. The standard InChI is InChI=1S/C16H18ClNO6S/c1-10(8-13(19)14-4-3-7-24-14)18-25(21,22)15-6-5-11(9-12(15)17)16(20)23-2/h3-7,9-10,13,18-19H,8H2,1-2H3/t10-,13-/m0/s1. The molecule has 0 unspecified atom stereocenters. The van der Waals surface area contributed by atoms with E-state index in [2.05, 4.69) is 9.46 Å². The van der Waals surface area contributed by atoms with Gasteiger partial charge in [-0.05, 0) is 43.7 Å². The summed E-state index contributed by atoms with van der Waals surface area (Å²) in [5.74, 6) is -0.264. The Kier molecular flexibility index (Phi) is 6.23. The number of carbonyl (C=O) groups is 1. The Labute approximate surface area is 150 Å². The first-order valence-electron chi connectivity index (χ1n) is 7.36. The number of sulfonamides is 1. The fourth-order valence-corrected chi connectivity index (χ4v) is 4.07. The Morgan fingerprint density at radius 2 is 2.12 bits per heavy atom. The van der Waals surface area contributed by atoms with E-state index in [1.54, 1.807) is 19.1 Å². The number of hydrogen-bond donors (Lipinski definition) is 2. The van der Waals surface area contributed by atoms with Crippen LogP contribution in [0, 0.1) is 0 Å². The molecule has 0 amide bonds. The Morgan fingerprint density at radius 1 is 1.40 bits per heavy atom. The molecule has 25 heavy (non-hydrogen) atoms. The average molecular weight is 388 g/mol. The van der Waals surface area contributed by atoms with E-state index in [0.29, 0.717) is 5.76 Å². The lowest BCUT2D eigenvalue weighted by molar-refractivity contribution is 0.0600. The van der Waals surface area contributed by atoms with Crippen LogP contribution in [0.25, 0.3) is 0 Å². The first-order valence-corrected chi connectivity index (χ1v) is 9.22. The maximum Gasteiger partial charge on any atom is 0.337 e. The van der Waals surface area contributed by atoms with Gasteiger partial charge in [-0.15, -0.1) is 0 Å². The highest BCUT2D eigenvalue weighted by Gasteiger charge is 2.24. The van der Waals surface area contributed by atoms with Crippen LogP contribution in [-0.2, 0) is 14.8 Å². The van der Waals surface area contributed by atoms with E-state index in [9.17, 15) is 18.3 Å². The summed E-state index contributed by atoms with van der Waals surface area (Å²) in [6.07, 6.45) is 0.602. The minimum atomic E-state index is -3.93. The third kappa shape index (κ3) is 4.82. The molecule has 0 radical (unpaired) electrons. The third-order valence-electron chi connectivity index (χ3n) is 3.45. The monoisotopic (exact) mass is 387 g/mol. The fraction of sp³-hybridized carbons (Fsp3) is 0.312. The molecule has 2 aromatic rings. The molecule has 2 N–H and O–H groups in total. The van der Waals surface area contributed by atoms with E-state index in [-0.39, 0.29) is 21.9 Å².